The summed E-state index contributed by atoms with van der Waals surface area (Å²) >= 11 is 0. The fourth-order valence-corrected chi connectivity index (χ4v) is 5.67. The first-order valence-electron chi connectivity index (χ1n) is 14.9. The summed E-state index contributed by atoms with van der Waals surface area (Å²) in [5.41, 5.74) is 4.66. The summed E-state index contributed by atoms with van der Waals surface area (Å²) in [5, 5.41) is 28.5. The van der Waals surface area contributed by atoms with Crippen LogP contribution in [0.15, 0.2) is 97.3 Å². The number of nitrogens with zero attached hydrogens (tertiary/aromatic N) is 4. The largest absolute Gasteiger partial charge is 0.387 e. The molecule has 1 fully saturated rings. The predicted octanol–water partition coefficient (Wildman–Crippen LogP) is 3.67. The lowest BCUT2D eigenvalue weighted by atomic mass is 9.91. The Labute approximate surface area is 256 Å². The highest BCUT2D eigenvalue weighted by atomic mass is 16.6. The Morgan fingerprint density at radius 2 is 1.55 bits per heavy atom. The van der Waals surface area contributed by atoms with Crippen molar-refractivity contribution < 1.29 is 19.7 Å². The monoisotopic (exact) mass is 594 g/mol. The summed E-state index contributed by atoms with van der Waals surface area (Å²) in [5.74, 6) is 1.30. The topological polar surface area (TPSA) is 127 Å². The summed E-state index contributed by atoms with van der Waals surface area (Å²) < 4.78 is 12.9. The molecule has 10 nitrogen and oxygen atoms in total. The first kappa shape index (κ1) is 29.9. The molecule has 1 aliphatic rings. The molecule has 4 N–H and O–H groups in total. The highest BCUT2D eigenvalue weighted by Crippen LogP contribution is 2.33. The summed E-state index contributed by atoms with van der Waals surface area (Å²) in [6, 6.07) is 31.0. The lowest BCUT2D eigenvalue weighted by molar-refractivity contribution is -0.0580. The van der Waals surface area contributed by atoms with E-state index in [1.54, 1.807) is 10.9 Å². The average Bonchev–Trinajstić information content (AvgIpc) is 3.61. The first-order chi connectivity index (χ1) is 21.6. The van der Waals surface area contributed by atoms with E-state index in [0.717, 1.165) is 6.54 Å². The van der Waals surface area contributed by atoms with Crippen molar-refractivity contribution in [3.8, 4) is 0 Å². The number of aromatic nitrogens is 4. The SMILES string of the molecule is COCC1OC(n2cnc3c(NCC(c4ccccc4)c4ccccc4)nc(CCNCc4ccccc4)nc32)C(O)C1O. The molecule has 44 heavy (non-hydrogen) atoms. The van der Waals surface area contributed by atoms with Crippen LogP contribution in [-0.2, 0) is 22.4 Å². The Bertz CT molecular complexity index is 1580. The van der Waals surface area contributed by atoms with E-state index >= 15 is 0 Å². The Morgan fingerprint density at radius 3 is 2.20 bits per heavy atom. The van der Waals surface area contributed by atoms with Crippen LogP contribution in [0.5, 0.6) is 0 Å². The number of aliphatic hydroxyl groups is 2. The summed E-state index contributed by atoms with van der Waals surface area (Å²) in [7, 11) is 1.53. The lowest BCUT2D eigenvalue weighted by Gasteiger charge is -2.20. The van der Waals surface area contributed by atoms with Gasteiger partial charge in [0, 0.05) is 39.1 Å². The quantitative estimate of drug-likeness (QED) is 0.151. The molecule has 0 saturated carbocycles. The van der Waals surface area contributed by atoms with Crippen molar-refractivity contribution in [1.29, 1.82) is 0 Å². The molecule has 3 aromatic carbocycles. The Kier molecular flexibility index (Phi) is 9.55. The van der Waals surface area contributed by atoms with Crippen LogP contribution < -0.4 is 10.6 Å². The van der Waals surface area contributed by atoms with Gasteiger partial charge in [-0.2, -0.15) is 0 Å². The number of fused-ring (bicyclic) bond motifs is 1. The van der Waals surface area contributed by atoms with E-state index in [1.165, 1.54) is 23.8 Å². The van der Waals surface area contributed by atoms with E-state index in [0.29, 0.717) is 42.3 Å². The van der Waals surface area contributed by atoms with Gasteiger partial charge in [-0.1, -0.05) is 91.0 Å². The van der Waals surface area contributed by atoms with E-state index in [-0.39, 0.29) is 12.5 Å². The lowest BCUT2D eigenvalue weighted by Crippen LogP contribution is -2.33. The van der Waals surface area contributed by atoms with E-state index in [1.807, 2.05) is 30.3 Å². The zero-order valence-electron chi connectivity index (χ0n) is 24.7. The number of imidazole rings is 1. The minimum absolute atomic E-state index is 0.0745. The van der Waals surface area contributed by atoms with E-state index in [4.69, 9.17) is 19.4 Å². The van der Waals surface area contributed by atoms with Gasteiger partial charge >= 0.3 is 0 Å². The number of hydrogen-bond donors (Lipinski definition) is 4. The van der Waals surface area contributed by atoms with Crippen LogP contribution in [0.25, 0.3) is 11.2 Å². The average molecular weight is 595 g/mol. The summed E-state index contributed by atoms with van der Waals surface area (Å²) in [6.07, 6.45) is -1.65. The molecule has 10 heteroatoms. The molecule has 2 aromatic heterocycles. The van der Waals surface area contributed by atoms with Gasteiger partial charge in [-0.3, -0.25) is 4.57 Å². The molecule has 1 saturated heterocycles. The Hall–Kier alpha value is -4.19. The number of ether oxygens (including phenoxy) is 2. The van der Waals surface area contributed by atoms with Crippen molar-refractivity contribution in [2.75, 3.05) is 32.1 Å². The molecular weight excluding hydrogens is 556 g/mol. The molecule has 0 bridgehead atoms. The molecule has 5 aromatic rings. The number of aliphatic hydroxyl groups excluding tert-OH is 2. The minimum atomic E-state index is -1.17. The second kappa shape index (κ2) is 14.1. The van der Waals surface area contributed by atoms with Gasteiger partial charge in [-0.25, -0.2) is 15.0 Å². The first-order valence-corrected chi connectivity index (χ1v) is 14.9. The Morgan fingerprint density at radius 1 is 0.886 bits per heavy atom. The molecule has 3 heterocycles. The highest BCUT2D eigenvalue weighted by molar-refractivity contribution is 5.83. The van der Waals surface area contributed by atoms with Gasteiger partial charge in [0.2, 0.25) is 0 Å². The molecule has 228 valence electrons. The summed E-state index contributed by atoms with van der Waals surface area (Å²) in [4.78, 5) is 14.4. The molecule has 6 rings (SSSR count). The predicted molar refractivity (Wildman–Crippen MR) is 168 cm³/mol. The molecule has 0 amide bonds. The van der Waals surface area contributed by atoms with E-state index in [9.17, 15) is 10.2 Å². The third-order valence-corrected chi connectivity index (χ3v) is 7.98. The molecule has 0 aliphatic carbocycles. The van der Waals surface area contributed by atoms with Gasteiger partial charge in [-0.05, 0) is 16.7 Å². The number of rotatable bonds is 13. The second-order valence-corrected chi connectivity index (χ2v) is 11.0. The third-order valence-electron chi connectivity index (χ3n) is 7.98. The standard InChI is InChI=1S/C34H38N6O4/c1-43-21-27-30(41)31(42)34(44-27)40-22-37-29-32(36-20-26(24-13-7-3-8-14-24)25-15-9-4-10-16-25)38-28(39-33(29)40)17-18-35-19-23-11-5-2-6-12-23/h2-16,22,26-27,30-31,34-35,41-42H,17-21H2,1H3,(H,36,38,39). The highest BCUT2D eigenvalue weighted by Gasteiger charge is 2.44. The number of benzene rings is 3. The maximum absolute atomic E-state index is 10.9. The van der Waals surface area contributed by atoms with Crippen molar-refractivity contribution in [3.05, 3.63) is 120 Å². The summed E-state index contributed by atoms with van der Waals surface area (Å²) in [6.45, 7) is 2.14. The van der Waals surface area contributed by atoms with Crippen LogP contribution in [0.3, 0.4) is 0 Å². The Balaban J connectivity index is 1.29. The van der Waals surface area contributed by atoms with Crippen LogP contribution in [0.4, 0.5) is 5.82 Å². The van der Waals surface area contributed by atoms with Gasteiger partial charge < -0.3 is 30.3 Å². The van der Waals surface area contributed by atoms with Gasteiger partial charge in [0.05, 0.1) is 12.9 Å². The third kappa shape index (κ3) is 6.64. The van der Waals surface area contributed by atoms with E-state index in [2.05, 4.69) is 76.3 Å². The molecule has 1 aliphatic heterocycles. The zero-order valence-corrected chi connectivity index (χ0v) is 24.7. The minimum Gasteiger partial charge on any atom is -0.387 e. The van der Waals surface area contributed by atoms with Crippen LogP contribution in [0, 0.1) is 0 Å². The van der Waals surface area contributed by atoms with Crippen molar-refractivity contribution >= 4 is 17.0 Å². The molecule has 4 atom stereocenters. The molecule has 0 radical (unpaired) electrons. The number of nitrogens with one attached hydrogen (secondary N) is 2. The van der Waals surface area contributed by atoms with Crippen LogP contribution in [0.1, 0.15) is 34.7 Å². The fraction of sp³-hybridized carbons (Fsp3) is 0.324. The zero-order chi connectivity index (χ0) is 30.3. The molecule has 4 unspecified atom stereocenters. The number of methoxy groups -OCH3 is 1. The van der Waals surface area contributed by atoms with Crippen molar-refractivity contribution in [1.82, 2.24) is 24.8 Å². The van der Waals surface area contributed by atoms with Crippen molar-refractivity contribution in [2.24, 2.45) is 0 Å². The van der Waals surface area contributed by atoms with Gasteiger partial charge in [0.25, 0.3) is 0 Å². The maximum Gasteiger partial charge on any atom is 0.167 e. The number of hydrogen-bond acceptors (Lipinski definition) is 9. The van der Waals surface area contributed by atoms with Crippen LogP contribution in [0.2, 0.25) is 0 Å². The second-order valence-electron chi connectivity index (χ2n) is 11.0. The normalized spacial score (nSPS) is 20.0. The van der Waals surface area contributed by atoms with Gasteiger partial charge in [-0.15, -0.1) is 0 Å². The van der Waals surface area contributed by atoms with Gasteiger partial charge in [0.1, 0.15) is 24.1 Å². The van der Waals surface area contributed by atoms with Gasteiger partial charge in [0.15, 0.2) is 23.2 Å². The van der Waals surface area contributed by atoms with Crippen LogP contribution in [-0.4, -0.2) is 74.9 Å². The van der Waals surface area contributed by atoms with Crippen molar-refractivity contribution in [3.63, 3.8) is 0 Å². The number of anilines is 1. The molecule has 0 spiro atoms. The molecular formula is C34H38N6O4. The van der Waals surface area contributed by atoms with Crippen LogP contribution >= 0.6 is 0 Å². The van der Waals surface area contributed by atoms with E-state index < -0.39 is 24.5 Å². The smallest absolute Gasteiger partial charge is 0.167 e. The van der Waals surface area contributed by atoms with Crippen molar-refractivity contribution in [2.45, 2.75) is 43.4 Å². The maximum atomic E-state index is 10.9. The fourth-order valence-electron chi connectivity index (χ4n) is 5.67.